The molecule has 25 heavy (non-hydrogen) atoms. The van der Waals surface area contributed by atoms with Crippen molar-refractivity contribution in [2.24, 2.45) is 0 Å². The average molecular weight is 354 g/mol. The van der Waals surface area contributed by atoms with Crippen LogP contribution in [0, 0.1) is 0 Å². The first-order valence-corrected chi connectivity index (χ1v) is 9.33. The quantitative estimate of drug-likeness (QED) is 0.601. The van der Waals surface area contributed by atoms with Crippen molar-refractivity contribution in [1.82, 2.24) is 10.3 Å². The molecule has 0 unspecified atom stereocenters. The summed E-state index contributed by atoms with van der Waals surface area (Å²) in [5.74, 6) is 1.73. The molecule has 4 nitrogen and oxygen atoms in total. The molecule has 0 saturated carbocycles. The van der Waals surface area contributed by atoms with Gasteiger partial charge in [0.2, 0.25) is 5.91 Å². The van der Waals surface area contributed by atoms with Crippen LogP contribution in [-0.4, -0.2) is 30.3 Å². The Morgan fingerprint density at radius 3 is 2.84 bits per heavy atom. The molecule has 0 radical (unpaired) electrons. The Kier molecular flexibility index (Phi) is 6.01. The second-order valence-corrected chi connectivity index (χ2v) is 6.91. The molecule has 2 N–H and O–H groups in total. The molecule has 0 spiro atoms. The number of rotatable bonds is 8. The molecular weight excluding hydrogens is 332 g/mol. The summed E-state index contributed by atoms with van der Waals surface area (Å²) < 4.78 is 5.28. The number of carbonyl (C=O) groups excluding carboxylic acids is 1. The van der Waals surface area contributed by atoms with Gasteiger partial charge in [-0.15, -0.1) is 11.8 Å². The van der Waals surface area contributed by atoms with Gasteiger partial charge in [-0.25, -0.2) is 0 Å². The second kappa shape index (κ2) is 8.62. The molecule has 5 heteroatoms. The highest BCUT2D eigenvalue weighted by molar-refractivity contribution is 7.99. The first-order chi connectivity index (χ1) is 12.3. The first kappa shape index (κ1) is 17.4. The second-order valence-electron chi connectivity index (χ2n) is 5.74. The van der Waals surface area contributed by atoms with E-state index in [1.807, 2.05) is 42.6 Å². The van der Waals surface area contributed by atoms with Gasteiger partial charge in [0.15, 0.2) is 0 Å². The molecule has 0 aliphatic heterocycles. The number of fused-ring (bicyclic) bond motifs is 1. The predicted octanol–water partition coefficient (Wildman–Crippen LogP) is 4.02. The van der Waals surface area contributed by atoms with E-state index in [0.29, 0.717) is 13.0 Å². The number of benzene rings is 2. The minimum atomic E-state index is 0.0980. The lowest BCUT2D eigenvalue weighted by atomic mass is 10.1. The SMILES string of the molecule is COc1ccc2[nH]cc(CCNC(=O)CCSc3ccccc3)c2c1. The molecule has 3 aromatic rings. The van der Waals surface area contributed by atoms with Gasteiger partial charge >= 0.3 is 0 Å². The van der Waals surface area contributed by atoms with Crippen LogP contribution >= 0.6 is 11.8 Å². The van der Waals surface area contributed by atoms with E-state index >= 15 is 0 Å². The number of nitrogens with one attached hydrogen (secondary N) is 2. The molecule has 0 atom stereocenters. The van der Waals surface area contributed by atoms with E-state index in [-0.39, 0.29) is 5.91 Å². The maximum absolute atomic E-state index is 12.0. The Hall–Kier alpha value is -2.40. The number of methoxy groups -OCH3 is 1. The van der Waals surface area contributed by atoms with Crippen LogP contribution in [-0.2, 0) is 11.2 Å². The number of thioether (sulfide) groups is 1. The summed E-state index contributed by atoms with van der Waals surface area (Å²) in [6, 6.07) is 16.1. The number of ether oxygens (including phenoxy) is 1. The minimum Gasteiger partial charge on any atom is -0.497 e. The smallest absolute Gasteiger partial charge is 0.220 e. The van der Waals surface area contributed by atoms with Crippen LogP contribution in [0.15, 0.2) is 59.6 Å². The Labute approximate surface area is 152 Å². The molecule has 0 aliphatic rings. The van der Waals surface area contributed by atoms with Gasteiger partial charge in [0.05, 0.1) is 7.11 Å². The fraction of sp³-hybridized carbons (Fsp3) is 0.250. The van der Waals surface area contributed by atoms with Gasteiger partial charge in [-0.1, -0.05) is 18.2 Å². The zero-order chi connectivity index (χ0) is 17.5. The Morgan fingerprint density at radius 1 is 1.20 bits per heavy atom. The van der Waals surface area contributed by atoms with E-state index < -0.39 is 0 Å². The van der Waals surface area contributed by atoms with Crippen LogP contribution in [0.1, 0.15) is 12.0 Å². The molecule has 1 aromatic heterocycles. The van der Waals surface area contributed by atoms with E-state index in [1.54, 1.807) is 18.9 Å². The van der Waals surface area contributed by atoms with E-state index in [9.17, 15) is 4.79 Å². The van der Waals surface area contributed by atoms with Gasteiger partial charge in [0, 0.05) is 40.7 Å². The predicted molar refractivity (Wildman–Crippen MR) is 103 cm³/mol. The van der Waals surface area contributed by atoms with Crippen molar-refractivity contribution in [2.45, 2.75) is 17.7 Å². The Morgan fingerprint density at radius 2 is 2.04 bits per heavy atom. The molecule has 0 aliphatic carbocycles. The van der Waals surface area contributed by atoms with Crippen molar-refractivity contribution in [3.63, 3.8) is 0 Å². The number of carbonyl (C=O) groups is 1. The van der Waals surface area contributed by atoms with Gasteiger partial charge in [0.1, 0.15) is 5.75 Å². The summed E-state index contributed by atoms with van der Waals surface area (Å²) in [4.78, 5) is 16.4. The Bertz CT molecular complexity index is 830. The summed E-state index contributed by atoms with van der Waals surface area (Å²) >= 11 is 1.71. The van der Waals surface area contributed by atoms with Crippen LogP contribution in [0.3, 0.4) is 0 Å². The van der Waals surface area contributed by atoms with Crippen LogP contribution in [0.25, 0.3) is 10.9 Å². The lowest BCUT2D eigenvalue weighted by Crippen LogP contribution is -2.25. The molecule has 2 aromatic carbocycles. The monoisotopic (exact) mass is 354 g/mol. The number of H-pyrrole nitrogens is 1. The number of hydrogen-bond donors (Lipinski definition) is 2. The summed E-state index contributed by atoms with van der Waals surface area (Å²) in [5, 5.41) is 4.15. The fourth-order valence-corrected chi connectivity index (χ4v) is 3.57. The first-order valence-electron chi connectivity index (χ1n) is 8.35. The van der Waals surface area contributed by atoms with E-state index in [2.05, 4.69) is 22.4 Å². The topological polar surface area (TPSA) is 54.1 Å². The molecule has 1 heterocycles. The number of aromatic amines is 1. The van der Waals surface area contributed by atoms with E-state index in [4.69, 9.17) is 4.74 Å². The van der Waals surface area contributed by atoms with Gasteiger partial charge in [-0.2, -0.15) is 0 Å². The third-order valence-corrected chi connectivity index (χ3v) is 5.05. The summed E-state index contributed by atoms with van der Waals surface area (Å²) in [6.45, 7) is 0.638. The highest BCUT2D eigenvalue weighted by Gasteiger charge is 2.06. The van der Waals surface area contributed by atoms with Crippen molar-refractivity contribution in [1.29, 1.82) is 0 Å². The highest BCUT2D eigenvalue weighted by Crippen LogP contribution is 2.23. The maximum atomic E-state index is 12.0. The number of hydrogen-bond acceptors (Lipinski definition) is 3. The fourth-order valence-electron chi connectivity index (χ4n) is 2.69. The standard InChI is InChI=1S/C20H22N2O2S/c1-24-16-7-8-19-18(13-16)15(14-22-19)9-11-21-20(23)10-12-25-17-5-3-2-4-6-17/h2-8,13-14,22H,9-12H2,1H3,(H,21,23). The molecule has 3 rings (SSSR count). The van der Waals surface area contributed by atoms with Crippen molar-refractivity contribution in [3.05, 3.63) is 60.3 Å². The summed E-state index contributed by atoms with van der Waals surface area (Å²) in [7, 11) is 1.67. The lowest BCUT2D eigenvalue weighted by molar-refractivity contribution is -0.120. The third kappa shape index (κ3) is 4.79. The summed E-state index contributed by atoms with van der Waals surface area (Å²) in [6.07, 6.45) is 3.33. The van der Waals surface area contributed by atoms with Crippen molar-refractivity contribution in [3.8, 4) is 5.75 Å². The maximum Gasteiger partial charge on any atom is 0.220 e. The highest BCUT2D eigenvalue weighted by atomic mass is 32.2. The minimum absolute atomic E-state index is 0.0980. The largest absolute Gasteiger partial charge is 0.497 e. The zero-order valence-corrected chi connectivity index (χ0v) is 15.1. The zero-order valence-electron chi connectivity index (χ0n) is 14.2. The van der Waals surface area contributed by atoms with Crippen LogP contribution in [0.2, 0.25) is 0 Å². The normalized spacial score (nSPS) is 10.8. The molecule has 0 bridgehead atoms. The average Bonchev–Trinajstić information content (AvgIpc) is 3.05. The van der Waals surface area contributed by atoms with Crippen LogP contribution in [0.4, 0.5) is 0 Å². The van der Waals surface area contributed by atoms with Gasteiger partial charge in [-0.3, -0.25) is 4.79 Å². The van der Waals surface area contributed by atoms with E-state index in [1.165, 1.54) is 10.5 Å². The van der Waals surface area contributed by atoms with Gasteiger partial charge in [0.25, 0.3) is 0 Å². The summed E-state index contributed by atoms with van der Waals surface area (Å²) in [5.41, 5.74) is 2.27. The lowest BCUT2D eigenvalue weighted by Gasteiger charge is -2.06. The van der Waals surface area contributed by atoms with Crippen molar-refractivity contribution >= 4 is 28.6 Å². The van der Waals surface area contributed by atoms with Gasteiger partial charge < -0.3 is 15.0 Å². The molecular formula is C20H22N2O2S. The third-order valence-electron chi connectivity index (χ3n) is 4.03. The van der Waals surface area contributed by atoms with E-state index in [0.717, 1.165) is 28.8 Å². The molecule has 130 valence electrons. The van der Waals surface area contributed by atoms with Gasteiger partial charge in [-0.05, 0) is 42.3 Å². The van der Waals surface area contributed by atoms with Crippen molar-refractivity contribution < 1.29 is 9.53 Å². The molecule has 0 fully saturated rings. The molecule has 1 amide bonds. The van der Waals surface area contributed by atoms with Crippen LogP contribution < -0.4 is 10.1 Å². The number of amides is 1. The van der Waals surface area contributed by atoms with Crippen LogP contribution in [0.5, 0.6) is 5.75 Å². The number of aromatic nitrogens is 1. The van der Waals surface area contributed by atoms with Crippen molar-refractivity contribution in [2.75, 3.05) is 19.4 Å². The molecule has 0 saturated heterocycles. The Balaban J connectivity index is 1.44.